The van der Waals surface area contributed by atoms with Crippen LogP contribution in [0.3, 0.4) is 0 Å². The van der Waals surface area contributed by atoms with Gasteiger partial charge in [-0.2, -0.15) is 0 Å². The first-order valence-corrected chi connectivity index (χ1v) is 25.8. The van der Waals surface area contributed by atoms with Crippen LogP contribution >= 0.6 is 0 Å². The monoisotopic (exact) mass is 945 g/mol. The molecule has 8 heterocycles. The lowest BCUT2D eigenvalue weighted by Crippen LogP contribution is -2.18. The Hall–Kier alpha value is -7.32. The lowest BCUT2D eigenvalue weighted by molar-refractivity contribution is 0.571. The van der Waals surface area contributed by atoms with Crippen LogP contribution in [-0.2, 0) is 21.7 Å². The maximum absolute atomic E-state index is 6.10. The number of hydrogen-bond acceptors (Lipinski definition) is 4. The highest BCUT2D eigenvalue weighted by atomic mass is 15.1. The van der Waals surface area contributed by atoms with Gasteiger partial charge in [0.2, 0.25) is 0 Å². The van der Waals surface area contributed by atoms with Crippen molar-refractivity contribution in [3.05, 3.63) is 142 Å². The highest BCUT2D eigenvalue weighted by Crippen LogP contribution is 2.57. The van der Waals surface area contributed by atoms with Crippen LogP contribution in [0.4, 0.5) is 0 Å². The van der Waals surface area contributed by atoms with E-state index in [2.05, 4.69) is 226 Å². The first-order chi connectivity index (χ1) is 33.9. The summed E-state index contributed by atoms with van der Waals surface area (Å²) in [6.07, 6.45) is 0. The molecular weight excluding hydrogens is 881 g/mol. The van der Waals surface area contributed by atoms with Crippen molar-refractivity contribution >= 4 is 87.7 Å². The molecule has 0 unspecified atom stereocenters. The second kappa shape index (κ2) is 14.2. The Morgan fingerprint density at radius 2 is 0.417 bits per heavy atom. The molecule has 13 rings (SSSR count). The summed E-state index contributed by atoms with van der Waals surface area (Å²) < 4.78 is 9.87. The highest BCUT2D eigenvalue weighted by molar-refractivity contribution is 6.46. The second-order valence-electron chi connectivity index (χ2n) is 25.2. The number of pyridine rings is 4. The summed E-state index contributed by atoms with van der Waals surface area (Å²) in [5, 5.41) is 9.22. The van der Waals surface area contributed by atoms with Crippen LogP contribution in [0.1, 0.15) is 128 Å². The van der Waals surface area contributed by atoms with Crippen LogP contribution in [0.15, 0.2) is 97.1 Å². The third kappa shape index (κ3) is 5.92. The quantitative estimate of drug-likeness (QED) is 0.176. The van der Waals surface area contributed by atoms with Crippen molar-refractivity contribution in [3.63, 3.8) is 0 Å². The van der Waals surface area contributed by atoms with Gasteiger partial charge >= 0.3 is 0 Å². The summed E-state index contributed by atoms with van der Waals surface area (Å²) in [5.74, 6) is 0. The maximum atomic E-state index is 6.10. The van der Waals surface area contributed by atoms with Crippen molar-refractivity contribution in [1.82, 2.24) is 38.2 Å². The van der Waals surface area contributed by atoms with E-state index in [4.69, 9.17) is 19.9 Å². The molecule has 0 atom stereocenters. The number of hydrogen-bond donors (Lipinski definition) is 0. The summed E-state index contributed by atoms with van der Waals surface area (Å²) >= 11 is 0. The van der Waals surface area contributed by atoms with Crippen LogP contribution in [0, 0.1) is 27.7 Å². The van der Waals surface area contributed by atoms with Gasteiger partial charge < -0.3 is 0 Å². The van der Waals surface area contributed by atoms with E-state index in [-0.39, 0.29) is 21.7 Å². The van der Waals surface area contributed by atoms with Gasteiger partial charge in [-0.15, -0.1) is 0 Å². The Bertz CT molecular complexity index is 3730. The summed E-state index contributed by atoms with van der Waals surface area (Å²) in [5.41, 5.74) is 19.7. The molecule has 13 aromatic rings. The van der Waals surface area contributed by atoms with E-state index in [1.54, 1.807) is 0 Å². The van der Waals surface area contributed by atoms with Crippen molar-refractivity contribution in [1.29, 1.82) is 0 Å². The maximum Gasteiger partial charge on any atom is 0.146 e. The molecule has 0 fully saturated rings. The molecule has 8 aromatic heterocycles. The van der Waals surface area contributed by atoms with Crippen LogP contribution in [0.2, 0.25) is 0 Å². The molecule has 0 aliphatic rings. The van der Waals surface area contributed by atoms with Gasteiger partial charge in [-0.05, 0) is 76.2 Å². The lowest BCUT2D eigenvalue weighted by atomic mass is 9.86. The SMILES string of the molecule is Cc1ccc(-n2c3nc(C(C)(C)C)c4c5c3c3c6c7c8c9c5c(nc(C(C)(C)C)c9n(-c5ccc(C)cc5)c8nc(C(C)(C)C)c7n(-c5ccc(C)cc5)c6nc(C(C)(C)C)c32)n4-c2ccc(C)cc2)cc1. The Morgan fingerprint density at radius 3 is 0.569 bits per heavy atom. The van der Waals surface area contributed by atoms with Crippen molar-refractivity contribution in [2.24, 2.45) is 0 Å². The van der Waals surface area contributed by atoms with Crippen molar-refractivity contribution in [3.8, 4) is 22.7 Å². The zero-order chi connectivity index (χ0) is 50.6. The molecule has 0 N–H and O–H groups in total. The summed E-state index contributed by atoms with van der Waals surface area (Å²) in [7, 11) is 0. The van der Waals surface area contributed by atoms with Crippen molar-refractivity contribution in [2.75, 3.05) is 0 Å². The molecule has 72 heavy (non-hydrogen) atoms. The van der Waals surface area contributed by atoms with E-state index in [1.165, 1.54) is 43.8 Å². The molecule has 0 spiro atoms. The molecule has 0 amide bonds. The minimum absolute atomic E-state index is 0.388. The minimum Gasteiger partial charge on any atom is -0.292 e. The Morgan fingerprint density at radius 1 is 0.250 bits per heavy atom. The van der Waals surface area contributed by atoms with Gasteiger partial charge in [-0.3, -0.25) is 18.3 Å². The summed E-state index contributed by atoms with van der Waals surface area (Å²) in [6, 6.07) is 36.0. The largest absolute Gasteiger partial charge is 0.292 e. The van der Waals surface area contributed by atoms with E-state index in [1.807, 2.05) is 0 Å². The molecule has 8 heteroatoms. The average molecular weight is 945 g/mol. The van der Waals surface area contributed by atoms with E-state index in [0.717, 1.165) is 112 Å². The van der Waals surface area contributed by atoms with Gasteiger partial charge in [0.05, 0.1) is 44.8 Å². The molecule has 0 aliphatic heterocycles. The second-order valence-corrected chi connectivity index (χ2v) is 25.2. The minimum atomic E-state index is -0.388. The van der Waals surface area contributed by atoms with Gasteiger partial charge in [0.1, 0.15) is 22.6 Å². The van der Waals surface area contributed by atoms with Gasteiger partial charge in [0.15, 0.2) is 0 Å². The predicted molar refractivity (Wildman–Crippen MR) is 302 cm³/mol. The number of benzene rings is 4. The Labute approximate surface area is 421 Å². The van der Waals surface area contributed by atoms with Crippen LogP contribution in [0.5, 0.6) is 0 Å². The first kappa shape index (κ1) is 44.6. The smallest absolute Gasteiger partial charge is 0.146 e. The normalized spacial score (nSPS) is 13.6. The molecule has 8 nitrogen and oxygen atoms in total. The van der Waals surface area contributed by atoms with Gasteiger partial charge in [0, 0.05) is 87.5 Å². The van der Waals surface area contributed by atoms with E-state index in [0.29, 0.717) is 0 Å². The molecule has 0 saturated heterocycles. The molecular formula is C64H64N8. The van der Waals surface area contributed by atoms with Crippen LogP contribution in [0.25, 0.3) is 110 Å². The Kier molecular flexibility index (Phi) is 8.81. The van der Waals surface area contributed by atoms with Gasteiger partial charge in [-0.25, -0.2) is 19.9 Å². The summed E-state index contributed by atoms with van der Waals surface area (Å²) in [6.45, 7) is 36.5. The standard InChI is InChI=1S/C64H64N8/c1-33-17-25-37(26-18-33)69-49-41-45-42-47-44-48-43-46(41)58(66-53(49)61(5,6)7)71(39-29-21-35(3)22-30-39)51(43)55(63(11,12)13)68-60(48)72(40-31-23-36(4)24-32-40)52(44)56(64(14,15)16)67-59(47)70(38-27-19-34(2)20-28-38)50(42)54(62(8,9)10)65-57(45)69/h17-32H,1-16H3. The predicted octanol–water partition coefficient (Wildman–Crippen LogP) is 16.4. The number of aryl methyl sites for hydroxylation is 4. The third-order valence-corrected chi connectivity index (χ3v) is 15.4. The van der Waals surface area contributed by atoms with E-state index in [9.17, 15) is 0 Å². The third-order valence-electron chi connectivity index (χ3n) is 15.4. The molecule has 0 saturated carbocycles. The lowest BCUT2D eigenvalue weighted by Gasteiger charge is -2.23. The van der Waals surface area contributed by atoms with E-state index < -0.39 is 0 Å². The topological polar surface area (TPSA) is 71.3 Å². The Balaban J connectivity index is 1.50. The fourth-order valence-electron chi connectivity index (χ4n) is 12.0. The molecule has 0 radical (unpaired) electrons. The first-order valence-electron chi connectivity index (χ1n) is 25.8. The zero-order valence-electron chi connectivity index (χ0n) is 44.8. The van der Waals surface area contributed by atoms with Crippen LogP contribution < -0.4 is 0 Å². The fraction of sp³-hybridized carbons (Fsp3) is 0.312. The molecule has 0 bridgehead atoms. The fourth-order valence-corrected chi connectivity index (χ4v) is 12.0. The van der Waals surface area contributed by atoms with Crippen LogP contribution in [-0.4, -0.2) is 38.2 Å². The number of rotatable bonds is 4. The molecule has 0 aliphatic carbocycles. The highest BCUT2D eigenvalue weighted by Gasteiger charge is 2.41. The zero-order valence-corrected chi connectivity index (χ0v) is 44.8. The molecule has 360 valence electrons. The molecule has 5 aromatic carbocycles. The van der Waals surface area contributed by atoms with Crippen molar-refractivity contribution < 1.29 is 0 Å². The number of aromatic nitrogens is 8. The van der Waals surface area contributed by atoms with Gasteiger partial charge in [0.25, 0.3) is 0 Å². The summed E-state index contributed by atoms with van der Waals surface area (Å²) in [4.78, 5) is 24.4. The van der Waals surface area contributed by atoms with E-state index >= 15 is 0 Å². The number of nitrogens with zero attached hydrogens (tertiary/aromatic N) is 8. The average Bonchev–Trinajstić information content (AvgIpc) is 4.02. The van der Waals surface area contributed by atoms with Gasteiger partial charge in [-0.1, -0.05) is 154 Å². The van der Waals surface area contributed by atoms with Crippen molar-refractivity contribution in [2.45, 2.75) is 132 Å².